The highest BCUT2D eigenvalue weighted by molar-refractivity contribution is 8.14. The van der Waals surface area contributed by atoms with E-state index in [9.17, 15) is 17.3 Å². The quantitative estimate of drug-likeness (QED) is 0.389. The Balaban J connectivity index is 0.000000257. The molecule has 0 aromatic carbocycles. The van der Waals surface area contributed by atoms with Gasteiger partial charge in [-0.2, -0.15) is 0 Å². The molecule has 0 aromatic heterocycles. The molecule has 0 spiro atoms. The van der Waals surface area contributed by atoms with Crippen molar-refractivity contribution in [3.8, 4) is 0 Å². The van der Waals surface area contributed by atoms with Gasteiger partial charge in [0.25, 0.3) is 0 Å². The van der Waals surface area contributed by atoms with E-state index in [1.54, 1.807) is 0 Å². The molecule has 114 valence electrons. The van der Waals surface area contributed by atoms with Crippen LogP contribution >= 0.6 is 11.8 Å². The zero-order chi connectivity index (χ0) is 14.6. The van der Waals surface area contributed by atoms with Crippen LogP contribution in [0.25, 0.3) is 0 Å². The van der Waals surface area contributed by atoms with E-state index in [0.29, 0.717) is 0 Å². The number of halogens is 4. The molecular weight excluding hydrogens is 293 g/mol. The van der Waals surface area contributed by atoms with Crippen LogP contribution in [0.2, 0.25) is 0 Å². The average molecular weight is 311 g/mol. The van der Waals surface area contributed by atoms with Gasteiger partial charge in [-0.15, -0.1) is 0 Å². The fourth-order valence-electron chi connectivity index (χ4n) is 2.51. The lowest BCUT2D eigenvalue weighted by molar-refractivity contribution is -0.503. The van der Waals surface area contributed by atoms with Crippen LogP contribution in [-0.2, 0) is 0 Å². The van der Waals surface area contributed by atoms with Crippen molar-refractivity contribution in [2.75, 3.05) is 31.9 Å². The Kier molecular flexibility index (Phi) is 5.34. The highest BCUT2D eigenvalue weighted by atomic mass is 32.2. The molecule has 0 radical (unpaired) electrons. The van der Waals surface area contributed by atoms with E-state index in [-0.39, 0.29) is 0 Å². The molecule has 0 aromatic rings. The maximum atomic E-state index is 9.75. The second kappa shape index (κ2) is 6.82. The largest absolute Gasteiger partial charge is 0.673 e. The smallest absolute Gasteiger partial charge is 0.418 e. The highest BCUT2D eigenvalue weighted by Crippen LogP contribution is 2.21. The zero-order valence-electron chi connectivity index (χ0n) is 11.2. The lowest BCUT2D eigenvalue weighted by atomic mass is 10.3. The maximum absolute atomic E-state index is 9.75. The van der Waals surface area contributed by atoms with Crippen LogP contribution in [-0.4, -0.2) is 59.7 Å². The minimum absolute atomic E-state index is 1.10. The van der Waals surface area contributed by atoms with Crippen molar-refractivity contribution in [1.82, 2.24) is 4.90 Å². The SMILES string of the molecule is C1CCN(C2=NC(=[N+]3CCCC3)SC2)C1.F[B-](F)(F)F. The first-order valence-corrected chi connectivity index (χ1v) is 7.86. The standard InChI is InChI=1S/C11H18N3S.BF4/c1-2-6-13(5-1)10-9-15-11(12-10)14-7-3-4-8-14;2-1(3,4)5/h1-9H2;/q+1;-1. The molecule has 0 aliphatic carbocycles. The van der Waals surface area contributed by atoms with Crippen LogP contribution in [0.4, 0.5) is 17.3 Å². The molecule has 20 heavy (non-hydrogen) atoms. The molecule has 0 atom stereocenters. The van der Waals surface area contributed by atoms with Gasteiger partial charge in [-0.3, -0.25) is 4.58 Å². The van der Waals surface area contributed by atoms with Gasteiger partial charge in [0.1, 0.15) is 0 Å². The predicted octanol–water partition coefficient (Wildman–Crippen LogP) is 2.69. The summed E-state index contributed by atoms with van der Waals surface area (Å²) in [6, 6.07) is 0. The second-order valence-corrected chi connectivity index (χ2v) is 5.92. The maximum Gasteiger partial charge on any atom is 0.673 e. The summed E-state index contributed by atoms with van der Waals surface area (Å²) >= 11 is 1.93. The van der Waals surface area contributed by atoms with Gasteiger partial charge in [0.05, 0.1) is 18.8 Å². The van der Waals surface area contributed by atoms with E-state index in [2.05, 4.69) is 9.48 Å². The van der Waals surface area contributed by atoms with E-state index in [1.807, 2.05) is 11.8 Å². The van der Waals surface area contributed by atoms with E-state index in [1.165, 1.54) is 62.9 Å². The summed E-state index contributed by atoms with van der Waals surface area (Å²) in [5.74, 6) is 2.44. The van der Waals surface area contributed by atoms with Crippen LogP contribution in [0, 0.1) is 0 Å². The van der Waals surface area contributed by atoms with Gasteiger partial charge < -0.3 is 22.2 Å². The molecule has 3 rings (SSSR count). The normalized spacial score (nSPS) is 23.0. The zero-order valence-corrected chi connectivity index (χ0v) is 12.0. The van der Waals surface area contributed by atoms with Gasteiger partial charge in [-0.05, 0) is 42.4 Å². The molecule has 2 fully saturated rings. The third-order valence-electron chi connectivity index (χ3n) is 3.40. The van der Waals surface area contributed by atoms with Crippen LogP contribution < -0.4 is 0 Å². The van der Waals surface area contributed by atoms with Gasteiger partial charge in [0, 0.05) is 13.1 Å². The Hall–Kier alpha value is -0.725. The van der Waals surface area contributed by atoms with Gasteiger partial charge in [0.2, 0.25) is 5.84 Å². The van der Waals surface area contributed by atoms with Gasteiger partial charge in [-0.1, -0.05) is 0 Å². The lowest BCUT2D eigenvalue weighted by Gasteiger charge is -2.11. The van der Waals surface area contributed by atoms with Crippen LogP contribution in [0.3, 0.4) is 0 Å². The van der Waals surface area contributed by atoms with Gasteiger partial charge in [-0.25, -0.2) is 0 Å². The molecular formula is C11H18BF4N3S. The number of amidine groups is 2. The Morgan fingerprint density at radius 3 is 2.10 bits per heavy atom. The summed E-state index contributed by atoms with van der Waals surface area (Å²) in [5, 5.41) is 1.29. The monoisotopic (exact) mass is 311 g/mol. The van der Waals surface area contributed by atoms with Crippen LogP contribution in [0.1, 0.15) is 25.7 Å². The van der Waals surface area contributed by atoms with E-state index in [0.717, 1.165) is 5.75 Å². The Bertz CT molecular complexity index is 391. The van der Waals surface area contributed by atoms with Crippen molar-refractivity contribution >= 4 is 30.0 Å². The fraction of sp³-hybridized carbons (Fsp3) is 0.818. The predicted molar refractivity (Wildman–Crippen MR) is 75.1 cm³/mol. The van der Waals surface area contributed by atoms with Gasteiger partial charge >= 0.3 is 12.4 Å². The summed E-state index contributed by atoms with van der Waals surface area (Å²) in [7, 11) is -6.00. The van der Waals surface area contributed by atoms with Crippen molar-refractivity contribution in [2.45, 2.75) is 25.7 Å². The number of thioether (sulfide) groups is 1. The van der Waals surface area contributed by atoms with Crippen molar-refractivity contribution in [1.29, 1.82) is 0 Å². The second-order valence-electron chi connectivity index (χ2n) is 4.98. The molecule has 3 nitrogen and oxygen atoms in total. The molecule has 0 N–H and O–H groups in total. The molecule has 3 heterocycles. The number of hydrogen-bond donors (Lipinski definition) is 0. The Morgan fingerprint density at radius 1 is 1.00 bits per heavy atom. The number of rotatable bonds is 0. The highest BCUT2D eigenvalue weighted by Gasteiger charge is 2.31. The first-order valence-electron chi connectivity index (χ1n) is 6.88. The molecule has 0 unspecified atom stereocenters. The number of hydrogen-bond acceptors (Lipinski definition) is 2. The van der Waals surface area contributed by atoms with E-state index >= 15 is 0 Å². The average Bonchev–Trinajstić information content (AvgIpc) is 3.10. The van der Waals surface area contributed by atoms with Crippen molar-refractivity contribution in [3.05, 3.63) is 0 Å². The van der Waals surface area contributed by atoms with E-state index in [4.69, 9.17) is 4.99 Å². The lowest BCUT2D eigenvalue weighted by Crippen LogP contribution is -2.27. The van der Waals surface area contributed by atoms with E-state index < -0.39 is 7.25 Å². The van der Waals surface area contributed by atoms with Crippen molar-refractivity contribution in [2.24, 2.45) is 4.99 Å². The summed E-state index contributed by atoms with van der Waals surface area (Å²) in [4.78, 5) is 7.27. The Labute approximate surface area is 120 Å². The third-order valence-corrected chi connectivity index (χ3v) is 4.41. The van der Waals surface area contributed by atoms with Crippen molar-refractivity contribution < 1.29 is 21.8 Å². The number of aliphatic imine (C=N–C) groups is 1. The van der Waals surface area contributed by atoms with Crippen LogP contribution in [0.15, 0.2) is 4.99 Å². The van der Waals surface area contributed by atoms with Crippen molar-refractivity contribution in [3.63, 3.8) is 0 Å². The number of nitrogens with zero attached hydrogens (tertiary/aromatic N) is 3. The fourth-order valence-corrected chi connectivity index (χ4v) is 3.55. The molecule has 0 saturated carbocycles. The third kappa shape index (κ3) is 4.99. The van der Waals surface area contributed by atoms with Crippen LogP contribution in [0.5, 0.6) is 0 Å². The molecule has 2 saturated heterocycles. The molecule has 3 aliphatic heterocycles. The number of likely N-dealkylation sites (tertiary alicyclic amines) is 1. The summed E-state index contributed by atoms with van der Waals surface area (Å²) in [5.41, 5.74) is 0. The molecule has 0 bridgehead atoms. The summed E-state index contributed by atoms with van der Waals surface area (Å²) in [6.45, 7) is 4.90. The molecule has 9 heteroatoms. The topological polar surface area (TPSA) is 18.6 Å². The first kappa shape index (κ1) is 15.7. The molecule has 3 aliphatic rings. The Morgan fingerprint density at radius 2 is 1.55 bits per heavy atom. The summed E-state index contributed by atoms with van der Waals surface area (Å²) < 4.78 is 41.5. The first-order chi connectivity index (χ1) is 9.43. The summed E-state index contributed by atoms with van der Waals surface area (Å²) in [6.07, 6.45) is 5.39. The van der Waals surface area contributed by atoms with Gasteiger partial charge in [0.15, 0.2) is 0 Å². The minimum Gasteiger partial charge on any atom is -0.418 e. The molecule has 0 amide bonds. The minimum atomic E-state index is -6.00.